The highest BCUT2D eigenvalue weighted by Crippen LogP contribution is 2.43. The van der Waals surface area contributed by atoms with Gasteiger partial charge in [-0.05, 0) is 114 Å². The molecule has 0 radical (unpaired) electrons. The molecule has 11 heteroatoms. The van der Waals surface area contributed by atoms with Crippen LogP contribution in [0, 0.1) is 22.2 Å². The van der Waals surface area contributed by atoms with Crippen molar-refractivity contribution < 1.29 is 53.2 Å². The third kappa shape index (κ3) is 20.9. The van der Waals surface area contributed by atoms with E-state index in [2.05, 4.69) is 72.8 Å². The fraction of sp³-hybridized carbons (Fsp3) is 0.468. The van der Waals surface area contributed by atoms with Crippen molar-refractivity contribution in [2.45, 2.75) is 168 Å². The van der Waals surface area contributed by atoms with Crippen LogP contribution in [0.5, 0.6) is 0 Å². The molecule has 0 aromatic rings. The Bertz CT molecular complexity index is 2560. The Morgan fingerprint density at radius 1 is 0.603 bits per heavy atom. The zero-order chi connectivity index (χ0) is 55.6. The smallest absolute Gasteiger partial charge is 0.332 e. The number of carboxylic acid groups (broad SMARTS) is 2. The van der Waals surface area contributed by atoms with Crippen LogP contribution in [0.15, 0.2) is 152 Å². The minimum atomic E-state index is -1.55. The quantitative estimate of drug-likeness (QED) is 0.0544. The van der Waals surface area contributed by atoms with Gasteiger partial charge in [-0.1, -0.05) is 167 Å². The van der Waals surface area contributed by atoms with Gasteiger partial charge in [0.15, 0.2) is 17.7 Å². The molecule has 3 rings (SSSR count). The van der Waals surface area contributed by atoms with Gasteiger partial charge in [-0.2, -0.15) is 0 Å². The molecule has 0 heterocycles. The second-order valence-electron chi connectivity index (χ2n) is 21.8. The SMILES string of the molecule is CC(=O)CCC(=O)OC1CC(C)=C(C)C(C)(C)C1.CC1=C(/C=C/C(C)=C/C=C/C(C)=C/C=C/C=C(C)/C=C/C=C(C)/C=C/C2=C(C)C(=O)C(OC(=O)/C=C(/CC(=O)O)C(=O)O)CC2(C)C)C(C)(C)CC(C)C1=O. The lowest BCUT2D eigenvalue weighted by molar-refractivity contribution is -0.151. The third-order valence-electron chi connectivity index (χ3n) is 13.6. The van der Waals surface area contributed by atoms with Crippen molar-refractivity contribution in [3.8, 4) is 0 Å². The van der Waals surface area contributed by atoms with Gasteiger partial charge in [-0.25, -0.2) is 9.59 Å². The van der Waals surface area contributed by atoms with E-state index in [4.69, 9.17) is 14.6 Å². The molecule has 3 atom stereocenters. The van der Waals surface area contributed by atoms with Crippen molar-refractivity contribution in [3.05, 3.63) is 152 Å². The highest BCUT2D eigenvalue weighted by Gasteiger charge is 2.40. The van der Waals surface area contributed by atoms with E-state index < -0.39 is 41.4 Å². The van der Waals surface area contributed by atoms with Crippen LogP contribution in [0.3, 0.4) is 0 Å². The Morgan fingerprint density at radius 3 is 1.53 bits per heavy atom. The first-order valence-corrected chi connectivity index (χ1v) is 25.1. The summed E-state index contributed by atoms with van der Waals surface area (Å²) in [6, 6.07) is 0. The van der Waals surface area contributed by atoms with Crippen LogP contribution >= 0.6 is 0 Å². The number of carbonyl (C=O) groups excluding carboxylic acids is 5. The maximum absolute atomic E-state index is 13.1. The fourth-order valence-corrected chi connectivity index (χ4v) is 9.23. The van der Waals surface area contributed by atoms with Gasteiger partial charge in [-0.3, -0.25) is 19.2 Å². The third-order valence-corrected chi connectivity index (χ3v) is 13.6. The van der Waals surface area contributed by atoms with E-state index in [1.165, 1.54) is 18.1 Å². The van der Waals surface area contributed by atoms with Gasteiger partial charge in [0.05, 0.1) is 18.4 Å². The molecule has 0 aliphatic heterocycles. The summed E-state index contributed by atoms with van der Waals surface area (Å²) >= 11 is 0. The average Bonchev–Trinajstić information content (AvgIpc) is 3.26. The summed E-state index contributed by atoms with van der Waals surface area (Å²) in [7, 11) is 0. The number of ketones is 3. The van der Waals surface area contributed by atoms with E-state index in [9.17, 15) is 38.7 Å². The predicted octanol–water partition coefficient (Wildman–Crippen LogP) is 13.6. The number of carboxylic acids is 2. The first-order chi connectivity index (χ1) is 33.8. The molecule has 0 amide bonds. The summed E-state index contributed by atoms with van der Waals surface area (Å²) < 4.78 is 10.8. The zero-order valence-corrected chi connectivity index (χ0v) is 46.4. The van der Waals surface area contributed by atoms with Crippen LogP contribution in [-0.4, -0.2) is 63.6 Å². The summed E-state index contributed by atoms with van der Waals surface area (Å²) in [5, 5.41) is 18.1. The number of rotatable bonds is 19. The van der Waals surface area contributed by atoms with Gasteiger partial charge in [0.25, 0.3) is 0 Å². The van der Waals surface area contributed by atoms with Crippen molar-refractivity contribution in [1.29, 1.82) is 0 Å². The van der Waals surface area contributed by atoms with E-state index in [0.29, 0.717) is 11.6 Å². The topological polar surface area (TPSA) is 178 Å². The van der Waals surface area contributed by atoms with E-state index in [0.717, 1.165) is 58.3 Å². The molecule has 0 saturated carbocycles. The molecule has 0 aromatic carbocycles. The Balaban J connectivity index is 0.000000848. The molecule has 3 aliphatic carbocycles. The fourth-order valence-electron chi connectivity index (χ4n) is 9.23. The molecule has 0 saturated heterocycles. The zero-order valence-electron chi connectivity index (χ0n) is 46.4. The number of Topliss-reactive ketones (excluding diaryl/α,β-unsaturated/α-hetero) is 3. The van der Waals surface area contributed by atoms with E-state index in [1.54, 1.807) is 6.92 Å². The van der Waals surface area contributed by atoms with Crippen LogP contribution in [-0.2, 0) is 43.0 Å². The number of hydrogen-bond acceptors (Lipinski definition) is 9. The molecule has 3 unspecified atom stereocenters. The number of carbonyl (C=O) groups is 7. The van der Waals surface area contributed by atoms with Gasteiger partial charge < -0.3 is 24.5 Å². The van der Waals surface area contributed by atoms with Gasteiger partial charge in [-0.15, -0.1) is 0 Å². The van der Waals surface area contributed by atoms with Crippen LogP contribution in [0.4, 0.5) is 0 Å². The lowest BCUT2D eigenvalue weighted by Gasteiger charge is -2.37. The van der Waals surface area contributed by atoms with Gasteiger partial charge in [0, 0.05) is 31.3 Å². The first kappa shape index (κ1) is 62.6. The molecule has 0 fully saturated rings. The maximum atomic E-state index is 13.1. The number of aliphatic carboxylic acids is 2. The lowest BCUT2D eigenvalue weighted by Crippen LogP contribution is -2.38. The Hall–Kier alpha value is -6.49. The van der Waals surface area contributed by atoms with Gasteiger partial charge in [0.1, 0.15) is 11.9 Å². The van der Waals surface area contributed by atoms with Crippen LogP contribution in [0.25, 0.3) is 0 Å². The van der Waals surface area contributed by atoms with Crippen molar-refractivity contribution >= 4 is 41.2 Å². The molecule has 3 aliphatic rings. The van der Waals surface area contributed by atoms with Crippen LogP contribution < -0.4 is 0 Å². The standard InChI is InChI=1S/C47H58O8.C15H24O3/c1-30(18-14-20-32(3)22-24-38-35(6)43(51)34(5)28-46(38,8)9)16-12-13-17-31(2)19-15-21-33(4)23-25-39-36(7)44(52)40(29-47(39,10)11)55-42(50)27-37(45(53)54)26-41(48)49;1-10-8-13(9-15(4,5)12(10)3)18-14(17)7-6-11(2)16/h12-25,27,34,40H,26,28-29H2,1-11H3,(H,48,49)(H,53,54);13H,6-9H2,1-5H3/b13-12+,18-14+,19-15+,24-22+,25-23+,30-16+,31-17+,32-20+,33-21+,37-27-;. The van der Waals surface area contributed by atoms with E-state index in [-0.39, 0.29) is 65.4 Å². The number of hydrogen-bond donors (Lipinski definition) is 2. The minimum absolute atomic E-state index is 0.0252. The minimum Gasteiger partial charge on any atom is -0.481 e. The van der Waals surface area contributed by atoms with Crippen LogP contribution in [0.1, 0.15) is 156 Å². The van der Waals surface area contributed by atoms with Crippen LogP contribution in [0.2, 0.25) is 0 Å². The van der Waals surface area contributed by atoms with Gasteiger partial charge >= 0.3 is 23.9 Å². The monoisotopic (exact) mass is 1000 g/mol. The molecule has 11 nitrogen and oxygen atoms in total. The summed E-state index contributed by atoms with van der Waals surface area (Å²) in [4.78, 5) is 82.7. The van der Waals surface area contributed by atoms with Crippen molar-refractivity contribution in [2.24, 2.45) is 22.2 Å². The molecule has 396 valence electrons. The van der Waals surface area contributed by atoms with Gasteiger partial charge in [0.2, 0.25) is 0 Å². The van der Waals surface area contributed by atoms with Crippen molar-refractivity contribution in [2.75, 3.05) is 0 Å². The summed E-state index contributed by atoms with van der Waals surface area (Å²) in [5.74, 6) is -4.31. The number of ether oxygens (including phenoxy) is 2. The van der Waals surface area contributed by atoms with Crippen molar-refractivity contribution in [1.82, 2.24) is 0 Å². The molecular weight excluding hydrogens is 921 g/mol. The Kier molecular flexibility index (Phi) is 24.1. The summed E-state index contributed by atoms with van der Waals surface area (Å²) in [6.45, 7) is 32.1. The molecule has 0 aromatic heterocycles. The number of esters is 2. The van der Waals surface area contributed by atoms with E-state index in [1.807, 2.05) is 109 Å². The largest absolute Gasteiger partial charge is 0.481 e. The predicted molar refractivity (Wildman–Crippen MR) is 291 cm³/mol. The highest BCUT2D eigenvalue weighted by molar-refractivity contribution is 6.03. The molecule has 0 bridgehead atoms. The highest BCUT2D eigenvalue weighted by atomic mass is 16.5. The Morgan fingerprint density at radius 2 is 1.07 bits per heavy atom. The second-order valence-corrected chi connectivity index (χ2v) is 21.8. The second kappa shape index (κ2) is 28.1. The maximum Gasteiger partial charge on any atom is 0.332 e. The van der Waals surface area contributed by atoms with E-state index >= 15 is 0 Å². The molecule has 73 heavy (non-hydrogen) atoms. The number of allylic oxidation sites excluding steroid dienone is 22. The summed E-state index contributed by atoms with van der Waals surface area (Å²) in [5.41, 5.74) is 9.07. The summed E-state index contributed by atoms with van der Waals surface area (Å²) in [6.07, 6.45) is 29.9. The lowest BCUT2D eigenvalue weighted by atomic mass is 9.68. The molecule has 0 spiro atoms. The first-order valence-electron chi connectivity index (χ1n) is 25.1. The van der Waals surface area contributed by atoms with Crippen molar-refractivity contribution in [3.63, 3.8) is 0 Å². The Labute approximate surface area is 435 Å². The average molecular weight is 1000 g/mol. The molecule has 2 N–H and O–H groups in total. The molecular formula is C62H82O11. The normalized spacial score (nSPS) is 22.2.